The number of nitrogens with zero attached hydrogens (tertiary/aromatic N) is 2. The molecule has 0 atom stereocenters. The molecule has 2 aromatic rings. The van der Waals surface area contributed by atoms with E-state index in [1.807, 2.05) is 0 Å². The van der Waals surface area contributed by atoms with Crippen LogP contribution in [0.1, 0.15) is 27.3 Å². The highest BCUT2D eigenvalue weighted by atomic mass is 19.4. The van der Waals surface area contributed by atoms with E-state index in [1.165, 1.54) is 10.7 Å². The molecule has 19 heavy (non-hydrogen) atoms. The number of aromatic nitrogens is 2. The van der Waals surface area contributed by atoms with Crippen molar-refractivity contribution in [3.8, 4) is 0 Å². The Bertz CT molecular complexity index is 602. The fourth-order valence-corrected chi connectivity index (χ4v) is 1.81. The summed E-state index contributed by atoms with van der Waals surface area (Å²) in [6.07, 6.45) is -3.44. The van der Waals surface area contributed by atoms with Gasteiger partial charge in [0.25, 0.3) is 0 Å². The van der Waals surface area contributed by atoms with Crippen molar-refractivity contribution in [3.05, 3.63) is 52.8 Å². The van der Waals surface area contributed by atoms with Crippen molar-refractivity contribution in [3.63, 3.8) is 0 Å². The first-order valence-corrected chi connectivity index (χ1v) is 5.54. The molecule has 0 saturated heterocycles. The van der Waals surface area contributed by atoms with Crippen molar-refractivity contribution in [2.24, 2.45) is 7.05 Å². The Kier molecular flexibility index (Phi) is 3.42. The SMILES string of the molecule is Cn1nc(Cc2cccc(C(F)(F)F)c2)cc1C=O. The van der Waals surface area contributed by atoms with Crippen molar-refractivity contribution in [1.82, 2.24) is 9.78 Å². The number of benzene rings is 1. The largest absolute Gasteiger partial charge is 0.416 e. The van der Waals surface area contributed by atoms with Gasteiger partial charge in [-0.15, -0.1) is 0 Å². The topological polar surface area (TPSA) is 34.9 Å². The molecular formula is C13H11F3N2O. The Balaban J connectivity index is 2.25. The third-order valence-electron chi connectivity index (χ3n) is 2.73. The van der Waals surface area contributed by atoms with E-state index in [0.29, 0.717) is 23.2 Å². The van der Waals surface area contributed by atoms with Crippen LogP contribution in [0.15, 0.2) is 30.3 Å². The van der Waals surface area contributed by atoms with Crippen molar-refractivity contribution < 1.29 is 18.0 Å². The van der Waals surface area contributed by atoms with Gasteiger partial charge in [-0.1, -0.05) is 18.2 Å². The second-order valence-corrected chi connectivity index (χ2v) is 4.18. The van der Waals surface area contributed by atoms with Crippen molar-refractivity contribution in [2.75, 3.05) is 0 Å². The highest BCUT2D eigenvalue weighted by molar-refractivity contribution is 5.72. The van der Waals surface area contributed by atoms with Gasteiger partial charge in [0.1, 0.15) is 5.69 Å². The maximum atomic E-state index is 12.6. The van der Waals surface area contributed by atoms with Crippen LogP contribution < -0.4 is 0 Å². The van der Waals surface area contributed by atoms with Crippen molar-refractivity contribution >= 4 is 6.29 Å². The van der Waals surface area contributed by atoms with Gasteiger partial charge in [-0.05, 0) is 17.7 Å². The number of hydrogen-bond donors (Lipinski definition) is 0. The molecule has 0 N–H and O–H groups in total. The number of carbonyl (C=O) groups is 1. The maximum absolute atomic E-state index is 12.6. The molecule has 0 saturated carbocycles. The predicted octanol–water partition coefficient (Wildman–Crippen LogP) is 2.84. The quantitative estimate of drug-likeness (QED) is 0.802. The molecule has 0 radical (unpaired) electrons. The van der Waals surface area contributed by atoms with E-state index >= 15 is 0 Å². The highest BCUT2D eigenvalue weighted by Gasteiger charge is 2.30. The van der Waals surface area contributed by atoms with E-state index in [4.69, 9.17) is 0 Å². The normalized spacial score (nSPS) is 11.6. The molecule has 0 aliphatic carbocycles. The number of aldehydes is 1. The number of carbonyl (C=O) groups excluding carboxylic acids is 1. The summed E-state index contributed by atoms with van der Waals surface area (Å²) in [6.45, 7) is 0. The van der Waals surface area contributed by atoms with Gasteiger partial charge in [0.05, 0.1) is 11.3 Å². The third-order valence-corrected chi connectivity index (χ3v) is 2.73. The van der Waals surface area contributed by atoms with Crippen LogP contribution in [0.25, 0.3) is 0 Å². The van der Waals surface area contributed by atoms with Gasteiger partial charge in [0.2, 0.25) is 0 Å². The van der Waals surface area contributed by atoms with Crippen molar-refractivity contribution in [2.45, 2.75) is 12.6 Å². The van der Waals surface area contributed by atoms with E-state index in [0.717, 1.165) is 12.1 Å². The van der Waals surface area contributed by atoms with Gasteiger partial charge >= 0.3 is 6.18 Å². The number of aryl methyl sites for hydroxylation is 1. The van der Waals surface area contributed by atoms with E-state index in [-0.39, 0.29) is 6.42 Å². The van der Waals surface area contributed by atoms with Gasteiger partial charge in [-0.3, -0.25) is 9.48 Å². The Morgan fingerprint density at radius 1 is 1.32 bits per heavy atom. The molecule has 100 valence electrons. The lowest BCUT2D eigenvalue weighted by Gasteiger charge is -2.07. The minimum absolute atomic E-state index is 0.256. The van der Waals surface area contributed by atoms with E-state index in [9.17, 15) is 18.0 Å². The smallest absolute Gasteiger partial charge is 0.296 e. The summed E-state index contributed by atoms with van der Waals surface area (Å²) >= 11 is 0. The number of hydrogen-bond acceptors (Lipinski definition) is 2. The van der Waals surface area contributed by atoms with Gasteiger partial charge < -0.3 is 0 Å². The molecule has 6 heteroatoms. The Morgan fingerprint density at radius 3 is 2.63 bits per heavy atom. The summed E-state index contributed by atoms with van der Waals surface area (Å²) in [6, 6.07) is 6.65. The van der Waals surface area contributed by atoms with Crippen LogP contribution in [0.2, 0.25) is 0 Å². The summed E-state index contributed by atoms with van der Waals surface area (Å²) in [7, 11) is 1.61. The monoisotopic (exact) mass is 268 g/mol. The minimum Gasteiger partial charge on any atom is -0.296 e. The first-order valence-electron chi connectivity index (χ1n) is 5.54. The Labute approximate surface area is 107 Å². The van der Waals surface area contributed by atoms with Crippen LogP contribution in [0.5, 0.6) is 0 Å². The average Bonchev–Trinajstić information content (AvgIpc) is 2.68. The molecule has 1 aromatic heterocycles. The zero-order valence-electron chi connectivity index (χ0n) is 10.1. The summed E-state index contributed by atoms with van der Waals surface area (Å²) in [5.74, 6) is 0. The van der Waals surface area contributed by atoms with Crippen LogP contribution in [0, 0.1) is 0 Å². The van der Waals surface area contributed by atoms with Crippen LogP contribution in [0.3, 0.4) is 0 Å². The van der Waals surface area contributed by atoms with Gasteiger partial charge in [-0.25, -0.2) is 0 Å². The molecule has 1 aromatic carbocycles. The van der Waals surface area contributed by atoms with Crippen LogP contribution >= 0.6 is 0 Å². The molecule has 3 nitrogen and oxygen atoms in total. The minimum atomic E-state index is -4.35. The van der Waals surface area contributed by atoms with E-state index < -0.39 is 11.7 Å². The molecular weight excluding hydrogens is 257 g/mol. The summed E-state index contributed by atoms with van der Waals surface area (Å²) < 4.78 is 39.1. The zero-order chi connectivity index (χ0) is 14.0. The highest BCUT2D eigenvalue weighted by Crippen LogP contribution is 2.29. The second kappa shape index (κ2) is 4.87. The molecule has 0 aliphatic rings. The lowest BCUT2D eigenvalue weighted by atomic mass is 10.1. The first kappa shape index (κ1) is 13.3. The standard InChI is InChI=1S/C13H11F3N2O/c1-18-12(8-19)7-11(17-18)6-9-3-2-4-10(5-9)13(14,15)16/h2-5,7-8H,6H2,1H3. The second-order valence-electron chi connectivity index (χ2n) is 4.18. The molecule has 0 aliphatic heterocycles. The predicted molar refractivity (Wildman–Crippen MR) is 62.8 cm³/mol. The molecule has 0 spiro atoms. The number of alkyl halides is 3. The third kappa shape index (κ3) is 3.01. The molecule has 0 amide bonds. The van der Waals surface area contributed by atoms with E-state index in [2.05, 4.69) is 5.10 Å². The summed E-state index contributed by atoms with van der Waals surface area (Å²) in [4.78, 5) is 10.7. The fraction of sp³-hybridized carbons (Fsp3) is 0.231. The molecule has 0 bridgehead atoms. The Hall–Kier alpha value is -2.11. The molecule has 1 heterocycles. The zero-order valence-corrected chi connectivity index (χ0v) is 10.1. The lowest BCUT2D eigenvalue weighted by molar-refractivity contribution is -0.137. The number of halogens is 3. The molecule has 2 rings (SSSR count). The molecule has 0 fully saturated rings. The van der Waals surface area contributed by atoms with Crippen LogP contribution in [0.4, 0.5) is 13.2 Å². The van der Waals surface area contributed by atoms with Gasteiger partial charge in [-0.2, -0.15) is 18.3 Å². The maximum Gasteiger partial charge on any atom is 0.416 e. The summed E-state index contributed by atoms with van der Waals surface area (Å²) in [5.41, 5.74) is 0.771. The van der Waals surface area contributed by atoms with Gasteiger partial charge in [0, 0.05) is 13.5 Å². The lowest BCUT2D eigenvalue weighted by Crippen LogP contribution is -2.05. The van der Waals surface area contributed by atoms with E-state index in [1.54, 1.807) is 19.2 Å². The average molecular weight is 268 g/mol. The van der Waals surface area contributed by atoms with Crippen LogP contribution in [-0.2, 0) is 19.6 Å². The van der Waals surface area contributed by atoms with Crippen LogP contribution in [-0.4, -0.2) is 16.1 Å². The molecule has 0 unspecified atom stereocenters. The fourth-order valence-electron chi connectivity index (χ4n) is 1.81. The summed E-state index contributed by atoms with van der Waals surface area (Å²) in [5, 5.41) is 4.07. The Morgan fingerprint density at radius 2 is 2.05 bits per heavy atom. The van der Waals surface area contributed by atoms with Gasteiger partial charge in [0.15, 0.2) is 6.29 Å². The van der Waals surface area contributed by atoms with Crippen molar-refractivity contribution in [1.29, 1.82) is 0 Å². The first-order chi connectivity index (χ1) is 8.90. The number of rotatable bonds is 3.